The summed E-state index contributed by atoms with van der Waals surface area (Å²) in [4.78, 5) is 20.6. The number of carbonyl (C=O) groups excluding carboxylic acids is 2. The number of ether oxygens (including phenoxy) is 1. The summed E-state index contributed by atoms with van der Waals surface area (Å²) in [5, 5.41) is -0.0189. The fourth-order valence-electron chi connectivity index (χ4n) is 0.450. The Balaban J connectivity index is 2.79. The first kappa shape index (κ1) is 6.29. The molecular formula is C5H3ClO3. The minimum absolute atomic E-state index is 0.0189. The van der Waals surface area contributed by atoms with E-state index in [-0.39, 0.29) is 11.5 Å². The van der Waals surface area contributed by atoms with Crippen molar-refractivity contribution in [3.8, 4) is 0 Å². The number of rotatable bonds is 0. The second kappa shape index (κ2) is 2.19. The maximum Gasteiger partial charge on any atom is 0.357 e. The summed E-state index contributed by atoms with van der Waals surface area (Å²) in [6.07, 6.45) is 1.42. The molecule has 0 N–H and O–H groups in total. The van der Waals surface area contributed by atoms with E-state index >= 15 is 0 Å². The van der Waals surface area contributed by atoms with Gasteiger partial charge in [-0.3, -0.25) is 4.79 Å². The molecule has 0 aromatic heterocycles. The van der Waals surface area contributed by atoms with Crippen molar-refractivity contribution in [3.05, 3.63) is 11.1 Å². The van der Waals surface area contributed by atoms with Gasteiger partial charge in [0.15, 0.2) is 0 Å². The molecule has 0 aliphatic carbocycles. The van der Waals surface area contributed by atoms with Crippen LogP contribution in [0, 0.1) is 0 Å². The van der Waals surface area contributed by atoms with Crippen LogP contribution in [0.15, 0.2) is 11.1 Å². The van der Waals surface area contributed by atoms with Gasteiger partial charge >= 0.3 is 11.9 Å². The Morgan fingerprint density at radius 2 is 2.22 bits per heavy atom. The summed E-state index contributed by atoms with van der Waals surface area (Å²) in [5.74, 6) is -1.31. The molecule has 0 saturated heterocycles. The number of carbonyl (C=O) groups is 2. The lowest BCUT2D eigenvalue weighted by atomic mass is 10.3. The summed E-state index contributed by atoms with van der Waals surface area (Å²) >= 11 is 5.27. The van der Waals surface area contributed by atoms with Crippen LogP contribution in [0.2, 0.25) is 0 Å². The Labute approximate surface area is 56.2 Å². The molecule has 0 aromatic rings. The highest BCUT2D eigenvalue weighted by molar-refractivity contribution is 6.42. The molecule has 0 bridgehead atoms. The van der Waals surface area contributed by atoms with Crippen molar-refractivity contribution < 1.29 is 14.3 Å². The van der Waals surface area contributed by atoms with Gasteiger partial charge in [-0.1, -0.05) is 11.6 Å². The minimum Gasteiger partial charge on any atom is -0.389 e. The number of esters is 2. The van der Waals surface area contributed by atoms with Crippen LogP contribution in [0.5, 0.6) is 0 Å². The number of halogens is 1. The molecule has 48 valence electrons. The molecule has 0 spiro atoms. The highest BCUT2D eigenvalue weighted by Gasteiger charge is 2.18. The van der Waals surface area contributed by atoms with Gasteiger partial charge < -0.3 is 4.74 Å². The van der Waals surface area contributed by atoms with E-state index in [1.54, 1.807) is 0 Å². The van der Waals surface area contributed by atoms with Crippen molar-refractivity contribution in [2.75, 3.05) is 0 Å². The van der Waals surface area contributed by atoms with E-state index < -0.39 is 11.9 Å². The summed E-state index contributed by atoms with van der Waals surface area (Å²) in [5.41, 5.74) is 0. The molecule has 0 amide bonds. The SMILES string of the molecule is O=C1CC=C(Cl)C(=O)O1. The highest BCUT2D eigenvalue weighted by Crippen LogP contribution is 2.11. The molecule has 0 atom stereocenters. The molecule has 4 heteroatoms. The van der Waals surface area contributed by atoms with Crippen molar-refractivity contribution in [2.24, 2.45) is 0 Å². The Hall–Kier alpha value is -0.830. The Bertz CT molecular complexity index is 194. The molecule has 0 radical (unpaired) electrons. The van der Waals surface area contributed by atoms with Crippen LogP contribution < -0.4 is 0 Å². The molecule has 0 fully saturated rings. The van der Waals surface area contributed by atoms with Gasteiger partial charge in [0, 0.05) is 0 Å². The lowest BCUT2D eigenvalue weighted by Gasteiger charge is -2.04. The van der Waals surface area contributed by atoms with Crippen molar-refractivity contribution in [3.63, 3.8) is 0 Å². The predicted octanol–water partition coefficient (Wildman–Crippen LogP) is 0.583. The van der Waals surface area contributed by atoms with Gasteiger partial charge in [0.25, 0.3) is 0 Å². The molecule has 1 rings (SSSR count). The average molecular weight is 147 g/mol. The topological polar surface area (TPSA) is 43.4 Å². The zero-order valence-corrected chi connectivity index (χ0v) is 5.14. The Morgan fingerprint density at radius 1 is 1.56 bits per heavy atom. The van der Waals surface area contributed by atoms with E-state index in [0.29, 0.717) is 0 Å². The molecule has 0 unspecified atom stereocenters. The van der Waals surface area contributed by atoms with Crippen molar-refractivity contribution in [2.45, 2.75) is 6.42 Å². The van der Waals surface area contributed by atoms with Crippen molar-refractivity contribution >= 4 is 23.5 Å². The van der Waals surface area contributed by atoms with Crippen LogP contribution in [0.25, 0.3) is 0 Å². The lowest BCUT2D eigenvalue weighted by Crippen LogP contribution is -2.15. The fourth-order valence-corrected chi connectivity index (χ4v) is 0.566. The van der Waals surface area contributed by atoms with Gasteiger partial charge in [0.1, 0.15) is 5.03 Å². The van der Waals surface area contributed by atoms with Crippen LogP contribution in [0.1, 0.15) is 6.42 Å². The molecule has 0 aromatic carbocycles. The molecule has 1 aliphatic rings. The van der Waals surface area contributed by atoms with Gasteiger partial charge in [-0.2, -0.15) is 0 Å². The molecule has 0 saturated carbocycles. The third-order valence-corrected chi connectivity index (χ3v) is 1.16. The zero-order valence-electron chi connectivity index (χ0n) is 4.39. The summed E-state index contributed by atoms with van der Waals surface area (Å²) in [6, 6.07) is 0. The van der Waals surface area contributed by atoms with Gasteiger partial charge in [-0.05, 0) is 6.08 Å². The average Bonchev–Trinajstić information content (AvgIpc) is 1.80. The number of hydrogen-bond acceptors (Lipinski definition) is 3. The van der Waals surface area contributed by atoms with Gasteiger partial charge in [0.05, 0.1) is 6.42 Å². The fraction of sp³-hybridized carbons (Fsp3) is 0.200. The van der Waals surface area contributed by atoms with Gasteiger partial charge in [-0.15, -0.1) is 0 Å². The Kier molecular flexibility index (Phi) is 1.53. The zero-order chi connectivity index (χ0) is 6.85. The highest BCUT2D eigenvalue weighted by atomic mass is 35.5. The number of hydrogen-bond donors (Lipinski definition) is 0. The van der Waals surface area contributed by atoms with E-state index in [9.17, 15) is 9.59 Å². The largest absolute Gasteiger partial charge is 0.389 e. The van der Waals surface area contributed by atoms with Crippen LogP contribution in [-0.4, -0.2) is 11.9 Å². The third kappa shape index (κ3) is 1.29. The third-order valence-electron chi connectivity index (χ3n) is 0.849. The van der Waals surface area contributed by atoms with Gasteiger partial charge in [0.2, 0.25) is 0 Å². The first-order chi connectivity index (χ1) is 4.20. The Morgan fingerprint density at radius 3 is 2.67 bits per heavy atom. The van der Waals surface area contributed by atoms with Crippen LogP contribution in [0.4, 0.5) is 0 Å². The molecule has 9 heavy (non-hydrogen) atoms. The monoisotopic (exact) mass is 146 g/mol. The maximum absolute atomic E-state index is 10.4. The normalized spacial score (nSPS) is 19.0. The van der Waals surface area contributed by atoms with Crippen LogP contribution in [0.3, 0.4) is 0 Å². The lowest BCUT2D eigenvalue weighted by molar-refractivity contribution is -0.156. The quantitative estimate of drug-likeness (QED) is 0.371. The minimum atomic E-state index is -0.757. The summed E-state index contributed by atoms with van der Waals surface area (Å²) < 4.78 is 4.12. The smallest absolute Gasteiger partial charge is 0.357 e. The van der Waals surface area contributed by atoms with Crippen molar-refractivity contribution in [1.82, 2.24) is 0 Å². The second-order valence-corrected chi connectivity index (χ2v) is 1.92. The molecule has 1 aliphatic heterocycles. The first-order valence-corrected chi connectivity index (χ1v) is 2.68. The standard InChI is InChI=1S/C5H3ClO3/c6-3-1-2-4(7)9-5(3)8/h1H,2H2. The summed E-state index contributed by atoms with van der Waals surface area (Å²) in [6.45, 7) is 0. The van der Waals surface area contributed by atoms with Crippen LogP contribution in [-0.2, 0) is 14.3 Å². The maximum atomic E-state index is 10.4. The van der Waals surface area contributed by atoms with E-state index in [4.69, 9.17) is 11.6 Å². The van der Waals surface area contributed by atoms with Crippen molar-refractivity contribution in [1.29, 1.82) is 0 Å². The van der Waals surface area contributed by atoms with E-state index in [0.717, 1.165) is 0 Å². The molecular weight excluding hydrogens is 144 g/mol. The van der Waals surface area contributed by atoms with E-state index in [2.05, 4.69) is 4.74 Å². The summed E-state index contributed by atoms with van der Waals surface area (Å²) in [7, 11) is 0. The van der Waals surface area contributed by atoms with E-state index in [1.165, 1.54) is 6.08 Å². The first-order valence-electron chi connectivity index (χ1n) is 2.31. The van der Waals surface area contributed by atoms with E-state index in [1.807, 2.05) is 0 Å². The second-order valence-electron chi connectivity index (χ2n) is 1.52. The molecule has 3 nitrogen and oxygen atoms in total. The van der Waals surface area contributed by atoms with Crippen LogP contribution >= 0.6 is 11.6 Å². The number of cyclic esters (lactones) is 2. The molecule has 1 heterocycles. The predicted molar refractivity (Wildman–Crippen MR) is 29.7 cm³/mol. The van der Waals surface area contributed by atoms with Gasteiger partial charge in [-0.25, -0.2) is 4.79 Å².